The molecule has 0 aliphatic rings. The fourth-order valence-electron chi connectivity index (χ4n) is 2.28. The third-order valence-corrected chi connectivity index (χ3v) is 2.90. The Labute approximate surface area is 110 Å². The van der Waals surface area contributed by atoms with Crippen LogP contribution < -0.4 is 0 Å². The van der Waals surface area contributed by atoms with Crippen LogP contribution in [0, 0.1) is 17.3 Å². The second kappa shape index (κ2) is 8.13. The first kappa shape index (κ1) is 17.0. The zero-order valence-electron chi connectivity index (χ0n) is 13.3. The van der Waals surface area contributed by atoms with Gasteiger partial charge in [-0.1, -0.05) is 54.9 Å². The molecule has 0 rings (SSSR count). The van der Waals surface area contributed by atoms with Gasteiger partial charge in [0, 0.05) is 13.1 Å². The number of unbranched alkanes of at least 4 members (excludes halogenated alkanes) is 1. The van der Waals surface area contributed by atoms with E-state index in [0.29, 0.717) is 5.41 Å². The first-order chi connectivity index (χ1) is 7.70. The fourth-order valence-corrected chi connectivity index (χ4v) is 2.28. The minimum Gasteiger partial charge on any atom is -0.303 e. The molecule has 104 valence electrons. The van der Waals surface area contributed by atoms with Crippen LogP contribution in [0.1, 0.15) is 67.7 Å². The van der Waals surface area contributed by atoms with Crippen molar-refractivity contribution in [3.8, 4) is 0 Å². The van der Waals surface area contributed by atoms with Crippen LogP contribution in [0.25, 0.3) is 0 Å². The topological polar surface area (TPSA) is 3.24 Å². The molecule has 0 amide bonds. The van der Waals surface area contributed by atoms with E-state index < -0.39 is 0 Å². The molecule has 1 nitrogen and oxygen atoms in total. The van der Waals surface area contributed by atoms with Gasteiger partial charge in [-0.25, -0.2) is 0 Å². The lowest BCUT2D eigenvalue weighted by Gasteiger charge is -2.26. The van der Waals surface area contributed by atoms with Crippen molar-refractivity contribution in [3.63, 3.8) is 0 Å². The monoisotopic (exact) mass is 241 g/mol. The number of nitrogens with zero attached hydrogens (tertiary/aromatic N) is 1. The molecular formula is C16H35N. The van der Waals surface area contributed by atoms with Crippen molar-refractivity contribution in [2.24, 2.45) is 17.3 Å². The van der Waals surface area contributed by atoms with E-state index in [4.69, 9.17) is 0 Å². The molecule has 0 heterocycles. The molecule has 0 aliphatic carbocycles. The Morgan fingerprint density at radius 3 is 1.65 bits per heavy atom. The summed E-state index contributed by atoms with van der Waals surface area (Å²) in [5.41, 5.74) is 0.501. The molecule has 0 N–H and O–H groups in total. The summed E-state index contributed by atoms with van der Waals surface area (Å²) in [6, 6.07) is 0. The summed E-state index contributed by atoms with van der Waals surface area (Å²) in [4.78, 5) is 2.65. The third-order valence-electron chi connectivity index (χ3n) is 2.90. The lowest BCUT2D eigenvalue weighted by molar-refractivity contribution is 0.211. The third kappa shape index (κ3) is 12.2. The highest BCUT2D eigenvalue weighted by molar-refractivity contribution is 4.65. The maximum Gasteiger partial charge on any atom is 0.000449 e. The van der Waals surface area contributed by atoms with E-state index in [-0.39, 0.29) is 0 Å². The van der Waals surface area contributed by atoms with Crippen molar-refractivity contribution in [1.82, 2.24) is 4.90 Å². The Morgan fingerprint density at radius 2 is 1.29 bits per heavy atom. The van der Waals surface area contributed by atoms with Gasteiger partial charge >= 0.3 is 0 Å². The van der Waals surface area contributed by atoms with Crippen LogP contribution in [-0.2, 0) is 0 Å². The van der Waals surface area contributed by atoms with Crippen molar-refractivity contribution in [2.75, 3.05) is 19.6 Å². The first-order valence-electron chi connectivity index (χ1n) is 7.43. The van der Waals surface area contributed by atoms with Crippen LogP contribution >= 0.6 is 0 Å². The van der Waals surface area contributed by atoms with Crippen LogP contribution in [0.2, 0.25) is 0 Å². The Bertz CT molecular complexity index is 166. The summed E-state index contributed by atoms with van der Waals surface area (Å²) in [5, 5.41) is 0. The molecular weight excluding hydrogens is 206 g/mol. The van der Waals surface area contributed by atoms with Crippen LogP contribution in [0.3, 0.4) is 0 Å². The van der Waals surface area contributed by atoms with Crippen molar-refractivity contribution in [3.05, 3.63) is 0 Å². The summed E-state index contributed by atoms with van der Waals surface area (Å²) >= 11 is 0. The molecule has 0 saturated heterocycles. The lowest BCUT2D eigenvalue weighted by atomic mass is 9.90. The first-order valence-corrected chi connectivity index (χ1v) is 7.43. The highest BCUT2D eigenvalue weighted by Gasteiger charge is 2.12. The summed E-state index contributed by atoms with van der Waals surface area (Å²) in [6.45, 7) is 20.1. The molecule has 1 heteroatoms. The molecule has 0 bridgehead atoms. The van der Waals surface area contributed by atoms with Gasteiger partial charge in [-0.2, -0.15) is 0 Å². The molecule has 0 aromatic heterocycles. The van der Waals surface area contributed by atoms with E-state index in [1.54, 1.807) is 0 Å². The zero-order valence-corrected chi connectivity index (χ0v) is 13.3. The highest BCUT2D eigenvalue weighted by Crippen LogP contribution is 2.21. The Morgan fingerprint density at radius 1 is 0.824 bits per heavy atom. The van der Waals surface area contributed by atoms with Gasteiger partial charge in [-0.15, -0.1) is 0 Å². The molecule has 0 aromatic carbocycles. The molecule has 0 spiro atoms. The van der Waals surface area contributed by atoms with E-state index >= 15 is 0 Å². The minimum absolute atomic E-state index is 0.501. The second-order valence-corrected chi connectivity index (χ2v) is 7.57. The van der Waals surface area contributed by atoms with Crippen LogP contribution in [0.4, 0.5) is 0 Å². The van der Waals surface area contributed by atoms with E-state index in [0.717, 1.165) is 11.8 Å². The van der Waals surface area contributed by atoms with Gasteiger partial charge in [-0.3, -0.25) is 0 Å². The van der Waals surface area contributed by atoms with Crippen LogP contribution in [-0.4, -0.2) is 24.5 Å². The summed E-state index contributed by atoms with van der Waals surface area (Å²) in [7, 11) is 0. The molecule has 0 fully saturated rings. The molecule has 17 heavy (non-hydrogen) atoms. The fraction of sp³-hybridized carbons (Fsp3) is 1.00. The average Bonchev–Trinajstić information content (AvgIpc) is 2.08. The molecule has 0 atom stereocenters. The van der Waals surface area contributed by atoms with Crippen molar-refractivity contribution < 1.29 is 0 Å². The van der Waals surface area contributed by atoms with E-state index in [2.05, 4.69) is 53.4 Å². The SMILES string of the molecule is CC(C)CN(CCCCC(C)(C)C)CC(C)C. The van der Waals surface area contributed by atoms with Gasteiger partial charge in [0.25, 0.3) is 0 Å². The normalized spacial score (nSPS) is 13.1. The number of rotatable bonds is 8. The van der Waals surface area contributed by atoms with Gasteiger partial charge < -0.3 is 4.90 Å². The zero-order chi connectivity index (χ0) is 13.5. The summed E-state index contributed by atoms with van der Waals surface area (Å²) < 4.78 is 0. The van der Waals surface area contributed by atoms with Gasteiger partial charge in [-0.05, 0) is 36.6 Å². The predicted octanol–water partition coefficient (Wildman–Crippen LogP) is 4.82. The summed E-state index contributed by atoms with van der Waals surface area (Å²) in [6.07, 6.45) is 4.08. The summed E-state index contributed by atoms with van der Waals surface area (Å²) in [5.74, 6) is 1.58. The van der Waals surface area contributed by atoms with Crippen molar-refractivity contribution in [1.29, 1.82) is 0 Å². The number of hydrogen-bond donors (Lipinski definition) is 0. The molecule has 0 aromatic rings. The van der Waals surface area contributed by atoms with Gasteiger partial charge in [0.15, 0.2) is 0 Å². The maximum atomic E-state index is 2.65. The second-order valence-electron chi connectivity index (χ2n) is 7.57. The number of hydrogen-bond acceptors (Lipinski definition) is 1. The van der Waals surface area contributed by atoms with Crippen LogP contribution in [0.5, 0.6) is 0 Å². The van der Waals surface area contributed by atoms with E-state index in [9.17, 15) is 0 Å². The molecule has 0 radical (unpaired) electrons. The molecule has 0 saturated carbocycles. The average molecular weight is 241 g/mol. The van der Waals surface area contributed by atoms with Crippen molar-refractivity contribution in [2.45, 2.75) is 67.7 Å². The van der Waals surface area contributed by atoms with Gasteiger partial charge in [0.2, 0.25) is 0 Å². The Kier molecular flexibility index (Phi) is 8.11. The van der Waals surface area contributed by atoms with Crippen LogP contribution in [0.15, 0.2) is 0 Å². The standard InChI is InChI=1S/C16H35N/c1-14(2)12-17(13-15(3)4)11-9-8-10-16(5,6)7/h14-15H,8-13H2,1-7H3. The largest absolute Gasteiger partial charge is 0.303 e. The smallest absolute Gasteiger partial charge is 0.000449 e. The lowest BCUT2D eigenvalue weighted by Crippen LogP contribution is -2.32. The minimum atomic E-state index is 0.501. The molecule has 0 aliphatic heterocycles. The Balaban J connectivity index is 3.83. The van der Waals surface area contributed by atoms with E-state index in [1.165, 1.54) is 38.9 Å². The maximum absolute atomic E-state index is 2.65. The van der Waals surface area contributed by atoms with Gasteiger partial charge in [0.1, 0.15) is 0 Å². The van der Waals surface area contributed by atoms with Crippen molar-refractivity contribution >= 4 is 0 Å². The molecule has 0 unspecified atom stereocenters. The van der Waals surface area contributed by atoms with Gasteiger partial charge in [0.05, 0.1) is 0 Å². The highest BCUT2D eigenvalue weighted by atomic mass is 15.1. The van der Waals surface area contributed by atoms with E-state index in [1.807, 2.05) is 0 Å². The quantitative estimate of drug-likeness (QED) is 0.551. The predicted molar refractivity (Wildman–Crippen MR) is 79.4 cm³/mol. The Hall–Kier alpha value is -0.0400.